The molecule has 0 amide bonds. The molecule has 0 aliphatic heterocycles. The van der Waals surface area contributed by atoms with Crippen LogP contribution in [0.5, 0.6) is 0 Å². The number of rotatable bonds is 5. The van der Waals surface area contributed by atoms with Gasteiger partial charge in [-0.3, -0.25) is 4.79 Å². The van der Waals surface area contributed by atoms with Gasteiger partial charge in [0.05, 0.1) is 6.54 Å². The highest BCUT2D eigenvalue weighted by atomic mass is 16.5. The SMILES string of the molecule is CCC(=O)c1ccn(Cc2noc(C3CC3)n2)c1. The third kappa shape index (κ3) is 2.20. The zero-order chi connectivity index (χ0) is 12.5. The first kappa shape index (κ1) is 11.2. The summed E-state index contributed by atoms with van der Waals surface area (Å²) in [6.07, 6.45) is 6.54. The Labute approximate surface area is 105 Å². The Morgan fingerprint density at radius 2 is 2.39 bits per heavy atom. The third-order valence-electron chi connectivity index (χ3n) is 3.13. The molecule has 2 aromatic heterocycles. The molecule has 3 rings (SSSR count). The molecule has 0 saturated heterocycles. The van der Waals surface area contributed by atoms with E-state index < -0.39 is 0 Å². The normalized spacial score (nSPS) is 14.9. The van der Waals surface area contributed by atoms with E-state index in [9.17, 15) is 4.79 Å². The summed E-state index contributed by atoms with van der Waals surface area (Å²) in [6, 6.07) is 1.83. The van der Waals surface area contributed by atoms with Crippen LogP contribution in [-0.2, 0) is 6.54 Å². The number of ketones is 1. The van der Waals surface area contributed by atoms with Gasteiger partial charge in [0.15, 0.2) is 11.6 Å². The van der Waals surface area contributed by atoms with Crippen molar-refractivity contribution in [1.82, 2.24) is 14.7 Å². The minimum Gasteiger partial charge on any atom is -0.346 e. The molecule has 5 nitrogen and oxygen atoms in total. The Bertz CT molecular complexity index is 566. The van der Waals surface area contributed by atoms with Crippen molar-refractivity contribution in [2.75, 3.05) is 0 Å². The van der Waals surface area contributed by atoms with Crippen LogP contribution in [0.4, 0.5) is 0 Å². The van der Waals surface area contributed by atoms with Crippen molar-refractivity contribution in [1.29, 1.82) is 0 Å². The first-order valence-corrected chi connectivity index (χ1v) is 6.27. The molecule has 0 radical (unpaired) electrons. The number of hydrogen-bond donors (Lipinski definition) is 0. The maximum absolute atomic E-state index is 11.5. The average Bonchev–Trinajstić information content (AvgIpc) is 2.96. The molecule has 94 valence electrons. The Morgan fingerprint density at radius 1 is 1.56 bits per heavy atom. The van der Waals surface area contributed by atoms with E-state index in [0.717, 1.165) is 24.3 Å². The third-order valence-corrected chi connectivity index (χ3v) is 3.13. The lowest BCUT2D eigenvalue weighted by Crippen LogP contribution is -2.00. The monoisotopic (exact) mass is 245 g/mol. The van der Waals surface area contributed by atoms with Gasteiger partial charge >= 0.3 is 0 Å². The molecule has 0 unspecified atom stereocenters. The van der Waals surface area contributed by atoms with Gasteiger partial charge in [0.2, 0.25) is 5.89 Å². The van der Waals surface area contributed by atoms with Crippen LogP contribution in [-0.4, -0.2) is 20.5 Å². The van der Waals surface area contributed by atoms with Gasteiger partial charge in [0, 0.05) is 30.3 Å². The molecule has 1 fully saturated rings. The van der Waals surface area contributed by atoms with Crippen LogP contribution in [0, 0.1) is 0 Å². The maximum Gasteiger partial charge on any atom is 0.229 e. The topological polar surface area (TPSA) is 60.9 Å². The Hall–Kier alpha value is -1.91. The average molecular weight is 245 g/mol. The quantitative estimate of drug-likeness (QED) is 0.759. The lowest BCUT2D eigenvalue weighted by atomic mass is 10.2. The van der Waals surface area contributed by atoms with Crippen molar-refractivity contribution in [2.45, 2.75) is 38.6 Å². The number of aromatic nitrogens is 3. The summed E-state index contributed by atoms with van der Waals surface area (Å²) in [4.78, 5) is 15.9. The zero-order valence-corrected chi connectivity index (χ0v) is 10.3. The minimum absolute atomic E-state index is 0.153. The van der Waals surface area contributed by atoms with Crippen molar-refractivity contribution in [3.63, 3.8) is 0 Å². The molecular weight excluding hydrogens is 230 g/mol. The van der Waals surface area contributed by atoms with Gasteiger partial charge in [-0.15, -0.1) is 0 Å². The van der Waals surface area contributed by atoms with Crippen LogP contribution in [0.1, 0.15) is 54.2 Å². The van der Waals surface area contributed by atoms with Gasteiger partial charge in [-0.1, -0.05) is 12.1 Å². The van der Waals surface area contributed by atoms with E-state index in [0.29, 0.717) is 24.7 Å². The largest absolute Gasteiger partial charge is 0.346 e. The van der Waals surface area contributed by atoms with E-state index in [2.05, 4.69) is 10.1 Å². The highest BCUT2D eigenvalue weighted by molar-refractivity contribution is 5.95. The second kappa shape index (κ2) is 4.40. The molecule has 0 aromatic carbocycles. The molecule has 1 aliphatic carbocycles. The fourth-order valence-electron chi connectivity index (χ4n) is 1.90. The van der Waals surface area contributed by atoms with Gasteiger partial charge in [0.1, 0.15) is 0 Å². The summed E-state index contributed by atoms with van der Waals surface area (Å²) in [5.74, 6) is 2.05. The molecule has 1 aliphatic rings. The molecule has 5 heteroatoms. The van der Waals surface area contributed by atoms with Crippen LogP contribution in [0.2, 0.25) is 0 Å². The molecule has 0 atom stereocenters. The standard InChI is InChI=1S/C13H15N3O2/c1-2-11(17)10-5-6-16(7-10)8-12-14-13(18-15-12)9-3-4-9/h5-7,9H,2-4,8H2,1H3. The smallest absolute Gasteiger partial charge is 0.229 e. The molecule has 2 heterocycles. The number of hydrogen-bond acceptors (Lipinski definition) is 4. The van der Waals surface area contributed by atoms with Crippen molar-refractivity contribution >= 4 is 5.78 Å². The highest BCUT2D eigenvalue weighted by Gasteiger charge is 2.29. The van der Waals surface area contributed by atoms with Gasteiger partial charge < -0.3 is 9.09 Å². The lowest BCUT2D eigenvalue weighted by molar-refractivity contribution is 0.0988. The van der Waals surface area contributed by atoms with E-state index in [-0.39, 0.29) is 5.78 Å². The summed E-state index contributed by atoms with van der Waals surface area (Å²) < 4.78 is 7.10. The van der Waals surface area contributed by atoms with Crippen LogP contribution in [0.25, 0.3) is 0 Å². The predicted molar refractivity (Wildman–Crippen MR) is 64.4 cm³/mol. The van der Waals surface area contributed by atoms with Crippen molar-refractivity contribution in [2.24, 2.45) is 0 Å². The summed E-state index contributed by atoms with van der Waals surface area (Å²) in [5.41, 5.74) is 0.739. The Kier molecular flexibility index (Phi) is 2.74. The summed E-state index contributed by atoms with van der Waals surface area (Å²) in [7, 11) is 0. The van der Waals surface area contributed by atoms with E-state index in [1.54, 1.807) is 0 Å². The predicted octanol–water partition coefficient (Wildman–Crippen LogP) is 2.39. The van der Waals surface area contributed by atoms with Gasteiger partial charge in [-0.25, -0.2) is 0 Å². The van der Waals surface area contributed by atoms with Crippen LogP contribution in [0.3, 0.4) is 0 Å². The van der Waals surface area contributed by atoms with Crippen LogP contribution >= 0.6 is 0 Å². The Morgan fingerprint density at radius 3 is 3.11 bits per heavy atom. The van der Waals surface area contributed by atoms with E-state index >= 15 is 0 Å². The molecule has 1 saturated carbocycles. The minimum atomic E-state index is 0.153. The second-order valence-electron chi connectivity index (χ2n) is 4.67. The van der Waals surface area contributed by atoms with Crippen molar-refractivity contribution in [3.8, 4) is 0 Å². The lowest BCUT2D eigenvalue weighted by Gasteiger charge is -1.96. The zero-order valence-electron chi connectivity index (χ0n) is 10.3. The number of nitrogens with zero attached hydrogens (tertiary/aromatic N) is 3. The van der Waals surface area contributed by atoms with E-state index in [4.69, 9.17) is 4.52 Å². The summed E-state index contributed by atoms with van der Waals surface area (Å²) in [6.45, 7) is 2.41. The molecule has 18 heavy (non-hydrogen) atoms. The highest BCUT2D eigenvalue weighted by Crippen LogP contribution is 2.38. The molecule has 2 aromatic rings. The molecular formula is C13H15N3O2. The molecule has 0 spiro atoms. The fourth-order valence-corrected chi connectivity index (χ4v) is 1.90. The molecule has 0 bridgehead atoms. The van der Waals surface area contributed by atoms with Crippen molar-refractivity contribution in [3.05, 3.63) is 35.7 Å². The second-order valence-corrected chi connectivity index (χ2v) is 4.67. The fraction of sp³-hybridized carbons (Fsp3) is 0.462. The first-order valence-electron chi connectivity index (χ1n) is 6.27. The first-order chi connectivity index (χ1) is 8.76. The Balaban J connectivity index is 1.71. The number of carbonyl (C=O) groups excluding carboxylic acids is 1. The summed E-state index contributed by atoms with van der Waals surface area (Å²) in [5, 5.41) is 3.96. The maximum atomic E-state index is 11.5. The molecule has 0 N–H and O–H groups in total. The van der Waals surface area contributed by atoms with Crippen molar-refractivity contribution < 1.29 is 9.32 Å². The van der Waals surface area contributed by atoms with E-state index in [1.807, 2.05) is 30.0 Å². The van der Waals surface area contributed by atoms with Gasteiger partial charge in [-0.2, -0.15) is 4.98 Å². The van der Waals surface area contributed by atoms with Crippen LogP contribution in [0.15, 0.2) is 23.0 Å². The van der Waals surface area contributed by atoms with Gasteiger partial charge in [0.25, 0.3) is 0 Å². The number of Topliss-reactive ketones (excluding diaryl/α,β-unsaturated/α-hetero) is 1. The summed E-state index contributed by atoms with van der Waals surface area (Å²) >= 11 is 0. The van der Waals surface area contributed by atoms with Gasteiger partial charge in [-0.05, 0) is 18.9 Å². The number of carbonyl (C=O) groups is 1. The van der Waals surface area contributed by atoms with Crippen LogP contribution < -0.4 is 0 Å². The van der Waals surface area contributed by atoms with E-state index in [1.165, 1.54) is 0 Å².